The molecular weight excluding hydrogens is 245 g/mol. The Kier molecular flexibility index (Phi) is 3.11. The van der Waals surface area contributed by atoms with Crippen molar-refractivity contribution in [2.24, 2.45) is 0 Å². The third-order valence-corrected chi connectivity index (χ3v) is 2.65. The molecule has 0 atom stereocenters. The van der Waals surface area contributed by atoms with Gasteiger partial charge in [-0.3, -0.25) is 4.79 Å². The molecule has 2 heterocycles. The van der Waals surface area contributed by atoms with Crippen molar-refractivity contribution in [3.05, 3.63) is 35.7 Å². The van der Waals surface area contributed by atoms with Crippen LogP contribution >= 0.6 is 0 Å². The third-order valence-electron chi connectivity index (χ3n) is 2.65. The Morgan fingerprint density at radius 1 is 1.39 bits per heavy atom. The second kappa shape index (κ2) is 4.44. The zero-order valence-corrected chi connectivity index (χ0v) is 9.66. The van der Waals surface area contributed by atoms with Gasteiger partial charge in [-0.1, -0.05) is 6.07 Å². The Morgan fingerprint density at radius 3 is 2.72 bits per heavy atom. The maximum absolute atomic E-state index is 12.1. The third kappa shape index (κ3) is 2.69. The molecule has 0 radical (unpaired) electrons. The van der Waals surface area contributed by atoms with Crippen molar-refractivity contribution in [3.8, 4) is 0 Å². The molecule has 0 aliphatic carbocycles. The number of aromatic nitrogens is 2. The maximum Gasteiger partial charge on any atom is 0.389 e. The van der Waals surface area contributed by atoms with Crippen LogP contribution < -0.4 is 0 Å². The van der Waals surface area contributed by atoms with Gasteiger partial charge < -0.3 is 0 Å². The zero-order valence-electron chi connectivity index (χ0n) is 9.66. The van der Waals surface area contributed by atoms with Crippen molar-refractivity contribution in [2.75, 3.05) is 0 Å². The Morgan fingerprint density at radius 2 is 2.11 bits per heavy atom. The van der Waals surface area contributed by atoms with Gasteiger partial charge in [0.25, 0.3) is 0 Å². The number of nitrogens with zero attached hydrogens (tertiary/aromatic N) is 2. The van der Waals surface area contributed by atoms with E-state index in [1.165, 1.54) is 23.8 Å². The molecule has 3 nitrogen and oxygen atoms in total. The van der Waals surface area contributed by atoms with E-state index >= 15 is 0 Å². The molecule has 0 fully saturated rings. The number of aryl methyl sites for hydroxylation is 1. The van der Waals surface area contributed by atoms with Crippen LogP contribution in [0.2, 0.25) is 0 Å². The largest absolute Gasteiger partial charge is 0.389 e. The van der Waals surface area contributed by atoms with E-state index in [0.717, 1.165) is 0 Å². The molecular formula is C12H11F3N2O. The predicted molar refractivity (Wildman–Crippen MR) is 59.6 cm³/mol. The van der Waals surface area contributed by atoms with Crippen LogP contribution in [0, 0.1) is 0 Å². The molecule has 18 heavy (non-hydrogen) atoms. The first-order valence-corrected chi connectivity index (χ1v) is 5.41. The highest BCUT2D eigenvalue weighted by molar-refractivity contribution is 6.00. The molecule has 0 aliphatic rings. The molecule has 0 saturated carbocycles. The fraction of sp³-hybridized carbons (Fsp3) is 0.333. The van der Waals surface area contributed by atoms with Gasteiger partial charge in [0.2, 0.25) is 0 Å². The quantitative estimate of drug-likeness (QED) is 0.791. The molecule has 0 spiro atoms. The molecule has 2 rings (SSSR count). The van der Waals surface area contributed by atoms with Gasteiger partial charge in [0.1, 0.15) is 0 Å². The number of hydrogen-bond acceptors (Lipinski definition) is 2. The van der Waals surface area contributed by atoms with Crippen LogP contribution in [0.25, 0.3) is 5.52 Å². The number of carbonyl (C=O) groups excluding carboxylic acids is 1. The Hall–Kier alpha value is -1.85. The molecule has 6 heteroatoms. The number of rotatable bonds is 3. The van der Waals surface area contributed by atoms with E-state index in [0.29, 0.717) is 16.6 Å². The fourth-order valence-corrected chi connectivity index (χ4v) is 1.73. The summed E-state index contributed by atoms with van der Waals surface area (Å²) in [6, 6.07) is 3.21. The lowest BCUT2D eigenvalue weighted by molar-refractivity contribution is -0.134. The lowest BCUT2D eigenvalue weighted by Gasteiger charge is -2.06. The number of hydrogen-bond donors (Lipinski definition) is 0. The van der Waals surface area contributed by atoms with Crippen LogP contribution in [0.4, 0.5) is 13.2 Å². The number of pyridine rings is 1. The first kappa shape index (κ1) is 12.6. The Bertz CT molecular complexity index is 587. The number of Topliss-reactive ketones (excluding diaryl/α,β-unsaturated/α-hetero) is 1. The van der Waals surface area contributed by atoms with Crippen LogP contribution in [0.5, 0.6) is 0 Å². The van der Waals surface area contributed by atoms with Gasteiger partial charge in [-0.05, 0) is 25.0 Å². The number of alkyl halides is 3. The molecule has 0 N–H and O–H groups in total. The van der Waals surface area contributed by atoms with Gasteiger partial charge in [-0.15, -0.1) is 0 Å². The number of halogens is 3. The van der Waals surface area contributed by atoms with Gasteiger partial charge in [0, 0.05) is 12.6 Å². The van der Waals surface area contributed by atoms with Crippen molar-refractivity contribution in [3.63, 3.8) is 0 Å². The van der Waals surface area contributed by atoms with Crippen molar-refractivity contribution in [1.82, 2.24) is 9.61 Å². The molecule has 0 amide bonds. The molecule has 0 saturated heterocycles. The fourth-order valence-electron chi connectivity index (χ4n) is 1.73. The summed E-state index contributed by atoms with van der Waals surface area (Å²) in [5.74, 6) is -0.118. The summed E-state index contributed by atoms with van der Waals surface area (Å²) in [4.78, 5) is 11.3. The normalized spacial score (nSPS) is 12.0. The van der Waals surface area contributed by atoms with Gasteiger partial charge in [-0.2, -0.15) is 18.3 Å². The average Bonchev–Trinajstić information content (AvgIpc) is 2.68. The average molecular weight is 256 g/mol. The van der Waals surface area contributed by atoms with Crippen LogP contribution in [-0.2, 0) is 6.42 Å². The summed E-state index contributed by atoms with van der Waals surface area (Å²) < 4.78 is 37.7. The minimum absolute atomic E-state index is 0.0886. The number of ketones is 1. The van der Waals surface area contributed by atoms with E-state index in [4.69, 9.17) is 0 Å². The molecule has 2 aromatic rings. The van der Waals surface area contributed by atoms with Crippen molar-refractivity contribution in [1.29, 1.82) is 0 Å². The highest BCUT2D eigenvalue weighted by Crippen LogP contribution is 2.22. The highest BCUT2D eigenvalue weighted by Gasteiger charge is 2.26. The molecule has 0 aliphatic heterocycles. The van der Waals surface area contributed by atoms with Crippen molar-refractivity contribution in [2.45, 2.75) is 25.9 Å². The Labute approximate surface area is 101 Å². The Balaban J connectivity index is 2.26. The topological polar surface area (TPSA) is 34.4 Å². The predicted octanol–water partition coefficient (Wildman–Crippen LogP) is 3.03. The lowest BCUT2D eigenvalue weighted by Crippen LogP contribution is -2.08. The van der Waals surface area contributed by atoms with Crippen LogP contribution in [0.15, 0.2) is 24.5 Å². The van der Waals surface area contributed by atoms with E-state index in [2.05, 4.69) is 5.10 Å². The van der Waals surface area contributed by atoms with Crippen LogP contribution in [0.3, 0.4) is 0 Å². The lowest BCUT2D eigenvalue weighted by atomic mass is 10.1. The SMILES string of the molecule is CC(=O)c1cnn2cc(CCC(F)(F)F)ccc12. The first-order valence-electron chi connectivity index (χ1n) is 5.41. The standard InChI is InChI=1S/C12H11F3N2O/c1-8(18)10-6-16-17-7-9(2-3-11(10)17)4-5-12(13,14)15/h2-3,6-7H,4-5H2,1H3. The van der Waals surface area contributed by atoms with Crippen LogP contribution in [0.1, 0.15) is 29.3 Å². The first-order chi connectivity index (χ1) is 8.37. The van der Waals surface area contributed by atoms with Crippen molar-refractivity contribution >= 4 is 11.3 Å². The molecule has 2 aromatic heterocycles. The van der Waals surface area contributed by atoms with E-state index in [9.17, 15) is 18.0 Å². The second-order valence-electron chi connectivity index (χ2n) is 4.10. The summed E-state index contributed by atoms with van der Waals surface area (Å²) in [5, 5.41) is 3.96. The summed E-state index contributed by atoms with van der Waals surface area (Å²) in [7, 11) is 0. The monoisotopic (exact) mass is 256 g/mol. The molecule has 0 bridgehead atoms. The summed E-state index contributed by atoms with van der Waals surface area (Å²) in [6.07, 6.45) is -2.17. The minimum Gasteiger partial charge on any atom is -0.294 e. The van der Waals surface area contributed by atoms with E-state index in [1.54, 1.807) is 12.1 Å². The molecule has 96 valence electrons. The van der Waals surface area contributed by atoms with Crippen molar-refractivity contribution < 1.29 is 18.0 Å². The second-order valence-corrected chi connectivity index (χ2v) is 4.10. The van der Waals surface area contributed by atoms with Gasteiger partial charge in [-0.25, -0.2) is 4.52 Å². The number of carbonyl (C=O) groups is 1. The number of fused-ring (bicyclic) bond motifs is 1. The highest BCUT2D eigenvalue weighted by atomic mass is 19.4. The smallest absolute Gasteiger partial charge is 0.294 e. The van der Waals surface area contributed by atoms with Crippen LogP contribution in [-0.4, -0.2) is 21.6 Å². The maximum atomic E-state index is 12.1. The van der Waals surface area contributed by atoms with Gasteiger partial charge in [0.15, 0.2) is 5.78 Å². The molecule has 0 unspecified atom stereocenters. The van der Waals surface area contributed by atoms with E-state index < -0.39 is 12.6 Å². The van der Waals surface area contributed by atoms with E-state index in [1.807, 2.05) is 0 Å². The van der Waals surface area contributed by atoms with E-state index in [-0.39, 0.29) is 12.2 Å². The summed E-state index contributed by atoms with van der Waals surface area (Å²) in [5.41, 5.74) is 1.62. The molecule has 0 aromatic carbocycles. The van der Waals surface area contributed by atoms with Gasteiger partial charge >= 0.3 is 6.18 Å². The zero-order chi connectivity index (χ0) is 13.3. The summed E-state index contributed by atoms with van der Waals surface area (Å²) >= 11 is 0. The summed E-state index contributed by atoms with van der Waals surface area (Å²) in [6.45, 7) is 1.43. The van der Waals surface area contributed by atoms with Gasteiger partial charge in [0.05, 0.1) is 17.3 Å². The minimum atomic E-state index is -4.16.